The summed E-state index contributed by atoms with van der Waals surface area (Å²) in [6.45, 7) is 3.39. The van der Waals surface area contributed by atoms with E-state index in [1.54, 1.807) is 0 Å². The average Bonchev–Trinajstić information content (AvgIpc) is 2.73. The SMILES string of the molecule is CCCOCC(N)c1cnn2ccccc12. The first-order valence-corrected chi connectivity index (χ1v) is 5.58. The van der Waals surface area contributed by atoms with E-state index in [1.165, 1.54) is 0 Å². The lowest BCUT2D eigenvalue weighted by atomic mass is 10.1. The van der Waals surface area contributed by atoms with Crippen molar-refractivity contribution in [1.29, 1.82) is 0 Å². The number of rotatable bonds is 5. The highest BCUT2D eigenvalue weighted by atomic mass is 16.5. The molecule has 0 bridgehead atoms. The van der Waals surface area contributed by atoms with Crippen molar-refractivity contribution in [2.45, 2.75) is 19.4 Å². The molecule has 2 rings (SSSR count). The zero-order chi connectivity index (χ0) is 11.4. The third kappa shape index (κ3) is 2.23. The Hall–Kier alpha value is -1.39. The van der Waals surface area contributed by atoms with E-state index in [9.17, 15) is 0 Å². The van der Waals surface area contributed by atoms with E-state index < -0.39 is 0 Å². The lowest BCUT2D eigenvalue weighted by Crippen LogP contribution is -2.17. The summed E-state index contributed by atoms with van der Waals surface area (Å²) in [5.41, 5.74) is 8.16. The van der Waals surface area contributed by atoms with Crippen LogP contribution < -0.4 is 5.73 Å². The molecule has 2 N–H and O–H groups in total. The summed E-state index contributed by atoms with van der Waals surface area (Å²) in [5, 5.41) is 4.25. The molecule has 0 radical (unpaired) electrons. The molecule has 0 fully saturated rings. The summed E-state index contributed by atoms with van der Waals surface area (Å²) in [6.07, 6.45) is 4.75. The quantitative estimate of drug-likeness (QED) is 0.780. The highest BCUT2D eigenvalue weighted by molar-refractivity contribution is 5.54. The summed E-state index contributed by atoms with van der Waals surface area (Å²) in [7, 11) is 0. The maximum Gasteiger partial charge on any atom is 0.0710 e. The Labute approximate surface area is 95.0 Å². The second-order valence-corrected chi connectivity index (χ2v) is 3.81. The Balaban J connectivity index is 2.13. The molecule has 0 aliphatic rings. The van der Waals surface area contributed by atoms with Crippen molar-refractivity contribution < 1.29 is 4.74 Å². The monoisotopic (exact) mass is 219 g/mol. The number of nitrogens with zero attached hydrogens (tertiary/aromatic N) is 2. The van der Waals surface area contributed by atoms with Gasteiger partial charge in [-0.2, -0.15) is 5.10 Å². The Bertz CT molecular complexity index is 452. The zero-order valence-corrected chi connectivity index (χ0v) is 9.47. The summed E-state index contributed by atoms with van der Waals surface area (Å²) >= 11 is 0. The topological polar surface area (TPSA) is 52.5 Å². The highest BCUT2D eigenvalue weighted by Gasteiger charge is 2.11. The second-order valence-electron chi connectivity index (χ2n) is 3.81. The molecule has 2 aromatic rings. The van der Waals surface area contributed by atoms with Gasteiger partial charge in [0.1, 0.15) is 0 Å². The van der Waals surface area contributed by atoms with E-state index in [2.05, 4.69) is 12.0 Å². The normalized spacial score (nSPS) is 13.1. The minimum absolute atomic E-state index is 0.105. The zero-order valence-electron chi connectivity index (χ0n) is 9.47. The van der Waals surface area contributed by atoms with Gasteiger partial charge in [-0.3, -0.25) is 0 Å². The molecular weight excluding hydrogens is 202 g/mol. The molecule has 2 heterocycles. The molecule has 4 heteroatoms. The first kappa shape index (κ1) is 11.1. The Morgan fingerprint density at radius 1 is 1.50 bits per heavy atom. The van der Waals surface area contributed by atoms with Gasteiger partial charge < -0.3 is 10.5 Å². The van der Waals surface area contributed by atoms with Crippen LogP contribution in [0.15, 0.2) is 30.6 Å². The summed E-state index contributed by atoms with van der Waals surface area (Å²) in [6, 6.07) is 5.84. The first-order valence-electron chi connectivity index (χ1n) is 5.58. The van der Waals surface area contributed by atoms with Gasteiger partial charge in [-0.1, -0.05) is 13.0 Å². The number of hydrogen-bond acceptors (Lipinski definition) is 3. The third-order valence-corrected chi connectivity index (χ3v) is 2.50. The van der Waals surface area contributed by atoms with E-state index in [1.807, 2.05) is 35.1 Å². The van der Waals surface area contributed by atoms with Crippen LogP contribution in [0.3, 0.4) is 0 Å². The lowest BCUT2D eigenvalue weighted by molar-refractivity contribution is 0.122. The number of hydrogen-bond donors (Lipinski definition) is 1. The molecule has 1 unspecified atom stereocenters. The lowest BCUT2D eigenvalue weighted by Gasteiger charge is -2.10. The second kappa shape index (κ2) is 5.09. The molecule has 0 amide bonds. The Morgan fingerprint density at radius 3 is 3.19 bits per heavy atom. The molecule has 16 heavy (non-hydrogen) atoms. The van der Waals surface area contributed by atoms with E-state index >= 15 is 0 Å². The molecule has 0 aliphatic heterocycles. The molecular formula is C12H17N3O. The van der Waals surface area contributed by atoms with Crippen LogP contribution >= 0.6 is 0 Å². The molecule has 0 spiro atoms. The van der Waals surface area contributed by atoms with Crippen molar-refractivity contribution in [3.05, 3.63) is 36.2 Å². The van der Waals surface area contributed by atoms with Crippen LogP contribution in [-0.4, -0.2) is 22.8 Å². The van der Waals surface area contributed by atoms with Gasteiger partial charge in [-0.05, 0) is 18.6 Å². The fourth-order valence-electron chi connectivity index (χ4n) is 1.68. The van der Waals surface area contributed by atoms with Gasteiger partial charge in [0.05, 0.1) is 24.4 Å². The van der Waals surface area contributed by atoms with Gasteiger partial charge in [0.2, 0.25) is 0 Å². The van der Waals surface area contributed by atoms with Crippen LogP contribution in [0, 0.1) is 0 Å². The van der Waals surface area contributed by atoms with Crippen molar-refractivity contribution in [3.8, 4) is 0 Å². The van der Waals surface area contributed by atoms with Gasteiger partial charge in [-0.25, -0.2) is 4.52 Å². The van der Waals surface area contributed by atoms with Crippen molar-refractivity contribution in [2.75, 3.05) is 13.2 Å². The first-order chi connectivity index (χ1) is 7.83. The van der Waals surface area contributed by atoms with Crippen molar-refractivity contribution >= 4 is 5.52 Å². The van der Waals surface area contributed by atoms with Crippen LogP contribution in [0.25, 0.3) is 5.52 Å². The number of nitrogens with two attached hydrogens (primary N) is 1. The van der Waals surface area contributed by atoms with Gasteiger partial charge in [0.15, 0.2) is 0 Å². The highest BCUT2D eigenvalue weighted by Crippen LogP contribution is 2.17. The van der Waals surface area contributed by atoms with Crippen molar-refractivity contribution in [1.82, 2.24) is 9.61 Å². The fraction of sp³-hybridized carbons (Fsp3) is 0.417. The van der Waals surface area contributed by atoms with Gasteiger partial charge in [-0.15, -0.1) is 0 Å². The third-order valence-electron chi connectivity index (χ3n) is 2.50. The average molecular weight is 219 g/mol. The van der Waals surface area contributed by atoms with Crippen LogP contribution in [0.1, 0.15) is 24.9 Å². The molecule has 0 aromatic carbocycles. The predicted molar refractivity (Wildman–Crippen MR) is 63.2 cm³/mol. The van der Waals surface area contributed by atoms with Crippen LogP contribution in [0.2, 0.25) is 0 Å². The fourth-order valence-corrected chi connectivity index (χ4v) is 1.68. The van der Waals surface area contributed by atoms with Crippen LogP contribution in [0.5, 0.6) is 0 Å². The van der Waals surface area contributed by atoms with Crippen LogP contribution in [0.4, 0.5) is 0 Å². The van der Waals surface area contributed by atoms with Gasteiger partial charge >= 0.3 is 0 Å². The van der Waals surface area contributed by atoms with Gasteiger partial charge in [0.25, 0.3) is 0 Å². The smallest absolute Gasteiger partial charge is 0.0710 e. The molecule has 0 aliphatic carbocycles. The Morgan fingerprint density at radius 2 is 2.38 bits per heavy atom. The molecule has 4 nitrogen and oxygen atoms in total. The number of aromatic nitrogens is 2. The number of ether oxygens (including phenoxy) is 1. The predicted octanol–water partition coefficient (Wildman–Crippen LogP) is 1.76. The molecule has 0 saturated carbocycles. The van der Waals surface area contributed by atoms with E-state index in [0.29, 0.717) is 6.61 Å². The largest absolute Gasteiger partial charge is 0.379 e. The van der Waals surface area contributed by atoms with Gasteiger partial charge in [0, 0.05) is 18.4 Å². The molecule has 86 valence electrons. The molecule has 1 atom stereocenters. The van der Waals surface area contributed by atoms with E-state index in [4.69, 9.17) is 10.5 Å². The van der Waals surface area contributed by atoms with Crippen LogP contribution in [-0.2, 0) is 4.74 Å². The minimum atomic E-state index is -0.105. The minimum Gasteiger partial charge on any atom is -0.379 e. The Kier molecular flexibility index (Phi) is 3.54. The number of fused-ring (bicyclic) bond motifs is 1. The van der Waals surface area contributed by atoms with Crippen molar-refractivity contribution in [2.24, 2.45) is 5.73 Å². The summed E-state index contributed by atoms with van der Waals surface area (Å²) < 4.78 is 7.28. The molecule has 0 saturated heterocycles. The summed E-state index contributed by atoms with van der Waals surface area (Å²) in [5.74, 6) is 0. The number of pyridine rings is 1. The van der Waals surface area contributed by atoms with E-state index in [0.717, 1.165) is 24.1 Å². The standard InChI is InChI=1S/C12H17N3O/c1-2-7-16-9-11(13)10-8-14-15-6-4-3-5-12(10)15/h3-6,8,11H,2,7,9,13H2,1H3. The van der Waals surface area contributed by atoms with Crippen molar-refractivity contribution in [3.63, 3.8) is 0 Å². The molecule has 2 aromatic heterocycles. The van der Waals surface area contributed by atoms with E-state index in [-0.39, 0.29) is 6.04 Å². The maximum absolute atomic E-state index is 6.07. The summed E-state index contributed by atoms with van der Waals surface area (Å²) in [4.78, 5) is 0. The maximum atomic E-state index is 6.07.